The van der Waals surface area contributed by atoms with Crippen molar-refractivity contribution in [3.8, 4) is 17.2 Å². The summed E-state index contributed by atoms with van der Waals surface area (Å²) in [6.45, 7) is 0.295. The minimum atomic E-state index is -4.06. The van der Waals surface area contributed by atoms with Crippen LogP contribution in [0.15, 0.2) is 77.3 Å². The molecule has 0 bridgehead atoms. The minimum absolute atomic E-state index is 0.148. The van der Waals surface area contributed by atoms with Gasteiger partial charge in [0.2, 0.25) is 0 Å². The fourth-order valence-corrected chi connectivity index (χ4v) is 4.09. The summed E-state index contributed by atoms with van der Waals surface area (Å²) in [5, 5.41) is 0. The van der Waals surface area contributed by atoms with E-state index < -0.39 is 10.3 Å². The van der Waals surface area contributed by atoms with Crippen LogP contribution in [0.3, 0.4) is 0 Å². The van der Waals surface area contributed by atoms with Gasteiger partial charge < -0.3 is 13.7 Å². The molecular weight excluding hydrogens is 470 g/mol. The fraction of sp³-hybridized carbons (Fsp3) is 0.182. The van der Waals surface area contributed by atoms with Crippen LogP contribution in [0.25, 0.3) is 0 Å². The second-order valence-electron chi connectivity index (χ2n) is 6.46. The second kappa shape index (κ2) is 9.97. The van der Waals surface area contributed by atoms with Crippen molar-refractivity contribution in [3.05, 3.63) is 88.4 Å². The van der Waals surface area contributed by atoms with Gasteiger partial charge in [-0.25, -0.2) is 0 Å². The first-order valence-electron chi connectivity index (χ1n) is 9.10. The normalized spacial score (nSPS) is 11.3. The average Bonchev–Trinajstić information content (AvgIpc) is 2.76. The molecule has 0 aromatic heterocycles. The Morgan fingerprint density at radius 1 is 0.700 bits per heavy atom. The lowest BCUT2D eigenvalue weighted by atomic mass is 10.2. The molecule has 158 valence electrons. The number of rotatable bonds is 9. The van der Waals surface area contributed by atoms with Crippen molar-refractivity contribution < 1.29 is 22.1 Å². The quantitative estimate of drug-likeness (QED) is 0.430. The summed E-state index contributed by atoms with van der Waals surface area (Å²) in [7, 11) is -0.891. The van der Waals surface area contributed by atoms with Crippen LogP contribution >= 0.6 is 15.9 Å². The smallest absolute Gasteiger partial charge is 0.385 e. The summed E-state index contributed by atoms with van der Waals surface area (Å²) in [5.41, 5.74) is 1.62. The van der Waals surface area contributed by atoms with E-state index in [1.807, 2.05) is 24.3 Å². The number of benzene rings is 3. The van der Waals surface area contributed by atoms with E-state index in [1.165, 1.54) is 4.31 Å². The van der Waals surface area contributed by atoms with Gasteiger partial charge in [0.1, 0.15) is 17.2 Å². The van der Waals surface area contributed by atoms with Crippen LogP contribution in [0.1, 0.15) is 11.1 Å². The SMILES string of the molecule is COc1ccc(CN(Cc2ccc(OC)cc2)S(=O)(=O)Oc2ccc(Br)cc2)cc1. The molecule has 0 amide bonds. The molecule has 0 spiro atoms. The number of ether oxygens (including phenoxy) is 2. The Morgan fingerprint density at radius 3 is 1.50 bits per heavy atom. The van der Waals surface area contributed by atoms with Crippen molar-refractivity contribution in [1.29, 1.82) is 0 Å². The van der Waals surface area contributed by atoms with Crippen LogP contribution in [0, 0.1) is 0 Å². The molecule has 0 fully saturated rings. The van der Waals surface area contributed by atoms with E-state index in [0.29, 0.717) is 11.5 Å². The third-order valence-electron chi connectivity index (χ3n) is 4.37. The number of halogens is 1. The molecule has 0 saturated carbocycles. The third-order valence-corrected chi connectivity index (χ3v) is 6.19. The van der Waals surface area contributed by atoms with Gasteiger partial charge in [-0.2, -0.15) is 12.7 Å². The first kappa shape index (κ1) is 22.1. The van der Waals surface area contributed by atoms with E-state index >= 15 is 0 Å². The molecule has 8 heteroatoms. The molecule has 0 aliphatic heterocycles. The maximum atomic E-state index is 13.1. The van der Waals surface area contributed by atoms with Gasteiger partial charge in [-0.1, -0.05) is 40.2 Å². The number of hydrogen-bond donors (Lipinski definition) is 0. The van der Waals surface area contributed by atoms with Gasteiger partial charge in [-0.3, -0.25) is 0 Å². The number of hydrogen-bond acceptors (Lipinski definition) is 5. The molecule has 0 saturated heterocycles. The molecule has 3 rings (SSSR count). The zero-order chi connectivity index (χ0) is 21.6. The summed E-state index contributed by atoms with van der Waals surface area (Å²) < 4.78 is 44.0. The highest BCUT2D eigenvalue weighted by Crippen LogP contribution is 2.23. The molecule has 0 N–H and O–H groups in total. The van der Waals surface area contributed by atoms with Crippen LogP contribution in [0.4, 0.5) is 0 Å². The van der Waals surface area contributed by atoms with Gasteiger partial charge >= 0.3 is 10.3 Å². The molecule has 0 atom stereocenters. The molecule has 0 heterocycles. The molecule has 0 aliphatic carbocycles. The van der Waals surface area contributed by atoms with Crippen LogP contribution in [-0.2, 0) is 23.4 Å². The lowest BCUT2D eigenvalue weighted by Crippen LogP contribution is -2.33. The molecule has 0 unspecified atom stereocenters. The Bertz CT molecular complexity index is 1000. The predicted octanol–water partition coefficient (Wildman–Crippen LogP) is 4.79. The lowest BCUT2D eigenvalue weighted by molar-refractivity contribution is 0.345. The van der Waals surface area contributed by atoms with Crippen LogP contribution in [-0.4, -0.2) is 26.9 Å². The Kier molecular flexibility index (Phi) is 7.36. The molecule has 0 radical (unpaired) electrons. The Balaban J connectivity index is 1.86. The lowest BCUT2D eigenvalue weighted by Gasteiger charge is -2.22. The second-order valence-corrected chi connectivity index (χ2v) is 8.91. The fourth-order valence-electron chi connectivity index (χ4n) is 2.75. The van der Waals surface area contributed by atoms with Gasteiger partial charge in [-0.15, -0.1) is 0 Å². The topological polar surface area (TPSA) is 65.1 Å². The van der Waals surface area contributed by atoms with E-state index in [9.17, 15) is 8.42 Å². The molecule has 0 aliphatic rings. The van der Waals surface area contributed by atoms with Gasteiger partial charge in [0.15, 0.2) is 0 Å². The molecule has 3 aromatic rings. The number of methoxy groups -OCH3 is 2. The summed E-state index contributed by atoms with van der Waals surface area (Å²) in [4.78, 5) is 0. The highest BCUT2D eigenvalue weighted by atomic mass is 79.9. The summed E-state index contributed by atoms with van der Waals surface area (Å²) in [5.74, 6) is 1.65. The average molecular weight is 492 g/mol. The van der Waals surface area contributed by atoms with Gasteiger partial charge in [0.25, 0.3) is 0 Å². The van der Waals surface area contributed by atoms with Crippen LogP contribution in [0.2, 0.25) is 0 Å². The maximum Gasteiger partial charge on any atom is 0.385 e. The van der Waals surface area contributed by atoms with E-state index in [2.05, 4.69) is 15.9 Å². The minimum Gasteiger partial charge on any atom is -0.497 e. The van der Waals surface area contributed by atoms with E-state index in [4.69, 9.17) is 13.7 Å². The van der Waals surface area contributed by atoms with Crippen molar-refractivity contribution in [2.75, 3.05) is 14.2 Å². The third kappa shape index (κ3) is 5.98. The maximum absolute atomic E-state index is 13.1. The summed E-state index contributed by atoms with van der Waals surface area (Å²) in [6.07, 6.45) is 0. The van der Waals surface area contributed by atoms with Gasteiger partial charge in [0, 0.05) is 17.6 Å². The Labute approximate surface area is 185 Å². The standard InChI is InChI=1S/C22H22BrNO5S/c1-27-20-9-3-17(4-10-20)15-24(16-18-5-11-21(28-2)12-6-18)30(25,26)29-22-13-7-19(23)8-14-22/h3-14H,15-16H2,1-2H3. The molecule has 30 heavy (non-hydrogen) atoms. The van der Waals surface area contributed by atoms with Crippen molar-refractivity contribution >= 4 is 26.2 Å². The zero-order valence-electron chi connectivity index (χ0n) is 16.6. The summed E-state index contributed by atoms with van der Waals surface area (Å²) in [6, 6.07) is 21.1. The van der Waals surface area contributed by atoms with Gasteiger partial charge in [-0.05, 0) is 59.7 Å². The zero-order valence-corrected chi connectivity index (χ0v) is 19.0. The van der Waals surface area contributed by atoms with Crippen molar-refractivity contribution in [1.82, 2.24) is 4.31 Å². The first-order valence-corrected chi connectivity index (χ1v) is 11.3. The predicted molar refractivity (Wildman–Crippen MR) is 119 cm³/mol. The Morgan fingerprint density at radius 2 is 1.10 bits per heavy atom. The highest BCUT2D eigenvalue weighted by Gasteiger charge is 2.25. The van der Waals surface area contributed by atoms with Crippen molar-refractivity contribution in [3.63, 3.8) is 0 Å². The van der Waals surface area contributed by atoms with E-state index in [1.54, 1.807) is 62.8 Å². The van der Waals surface area contributed by atoms with Crippen LogP contribution < -0.4 is 13.7 Å². The largest absolute Gasteiger partial charge is 0.497 e. The Hall–Kier alpha value is -2.55. The first-order chi connectivity index (χ1) is 14.4. The van der Waals surface area contributed by atoms with Crippen molar-refractivity contribution in [2.24, 2.45) is 0 Å². The molecule has 3 aromatic carbocycles. The molecular formula is C22H22BrNO5S. The highest BCUT2D eigenvalue weighted by molar-refractivity contribution is 9.10. The molecule has 6 nitrogen and oxygen atoms in total. The number of nitrogens with zero attached hydrogens (tertiary/aromatic N) is 1. The van der Waals surface area contributed by atoms with E-state index in [0.717, 1.165) is 15.6 Å². The van der Waals surface area contributed by atoms with Crippen molar-refractivity contribution in [2.45, 2.75) is 13.1 Å². The van der Waals surface area contributed by atoms with Crippen LogP contribution in [0.5, 0.6) is 17.2 Å². The van der Waals surface area contributed by atoms with Gasteiger partial charge in [0.05, 0.1) is 14.2 Å². The van der Waals surface area contributed by atoms with E-state index in [-0.39, 0.29) is 18.8 Å². The summed E-state index contributed by atoms with van der Waals surface area (Å²) >= 11 is 3.33. The monoisotopic (exact) mass is 491 g/mol.